The van der Waals surface area contributed by atoms with Gasteiger partial charge in [0.2, 0.25) is 0 Å². The van der Waals surface area contributed by atoms with Crippen LogP contribution in [-0.2, 0) is 22.9 Å². The quantitative estimate of drug-likeness (QED) is 0.0322. The standard InChI is InChI=1S/C23H27N5O2Si.C17H13N5O.C16H20ClN3OSi.C7H7BrN2O.C7H7N2O.3CH3.Sn/c1-24-23(29)20-7-5-16(13-26-20)19-8-6-17-18-14-25-10-9-21(18)28(22(17)27-19)15-30-11-12-31(2,3)4;1-18-17(23)10-2-4-14(20-8-10)15-5-3-11-12-9-19-7-6-13(12)21-16(11)22-15;1-22(2,3)9-8-21-11-20-14-6-7-18-10-13(14)12-4-5-15(17)19-16(12)20;1-9-7(11)6-3-2-5(8)4-10-6;1-8-7(10)6-3-2-4-9-5-6;;;;/h5-10,13-14H,11-12,15H2,1-4H3,(H,24,29);2-9H,1H3,(H,18,23)(H,21,22);4-7,10H,8-9,11H2,1-3H3;2-4H,1H3,(H,9,11);2-3,5H,1H3,(H,8,10);3*1H3;. The topological polar surface area (TPSA) is 289 Å². The van der Waals surface area contributed by atoms with E-state index in [0.29, 0.717) is 41.1 Å². The van der Waals surface area contributed by atoms with E-state index in [1.807, 2.05) is 85.3 Å². The van der Waals surface area contributed by atoms with Gasteiger partial charge in [-0.25, -0.2) is 19.9 Å². The van der Waals surface area contributed by atoms with Gasteiger partial charge in [0, 0.05) is 149 Å². The average molecular weight is 1580 g/mol. The van der Waals surface area contributed by atoms with Crippen LogP contribution in [0.1, 0.15) is 41.7 Å². The van der Waals surface area contributed by atoms with Crippen LogP contribution in [0.25, 0.3) is 88.5 Å². The molecule has 0 radical (unpaired) electrons. The molecule has 0 aromatic carbocycles. The predicted molar refractivity (Wildman–Crippen MR) is 414 cm³/mol. The monoisotopic (exact) mass is 1580 g/mol. The number of nitrogens with one attached hydrogen (secondary N) is 5. The number of nitrogens with zero attached hydrogens (tertiary/aromatic N) is 12. The number of pyridine rings is 10. The smallest absolute Gasteiger partial charge is 0.269 e. The first-order valence-electron chi connectivity index (χ1n) is 32.7. The zero-order valence-corrected chi connectivity index (χ0v) is 66.1. The second-order valence-electron chi connectivity index (χ2n) is 26.8. The fraction of sp³-hybridized carbons (Fsp3) is 0.260. The average Bonchev–Trinajstić information content (AvgIpc) is 1.62. The SMILES string of the molecule is CNC(=O)c1cc[c]([Sn]([CH3])([CH3])[CH3])nc1.CNC(=O)c1ccc(-c2ccc3c(n2)[nH]c2ccncc23)nc1.CNC(=O)c1ccc(-c2ccc3c4cnccc4n(COCC[Si](C)(C)C)c3n2)cn1.CNC(=O)c1ccc(Br)cn1.C[Si](C)(C)CCOCn1c2ccncc2c2ccc(Cl)nc21. The minimum Gasteiger partial charge on any atom is -0.361 e. The summed E-state index contributed by atoms with van der Waals surface area (Å²) >= 11 is 7.24. The van der Waals surface area contributed by atoms with Crippen LogP contribution in [0.5, 0.6) is 0 Å². The molecule has 0 aliphatic carbocycles. The second-order valence-corrected chi connectivity index (χ2v) is 53.6. The predicted octanol–water partition coefficient (Wildman–Crippen LogP) is 13.6. The molecule has 13 rings (SSSR count). The number of hydrogen-bond donors (Lipinski definition) is 5. The Bertz CT molecular complexity index is 5030. The van der Waals surface area contributed by atoms with E-state index in [4.69, 9.17) is 26.1 Å². The van der Waals surface area contributed by atoms with Crippen LogP contribution in [0.4, 0.5) is 0 Å². The van der Waals surface area contributed by atoms with Crippen LogP contribution < -0.4 is 25.0 Å². The normalized spacial score (nSPS) is 11.4. The molecule has 0 spiro atoms. The number of aromatic nitrogens is 13. The van der Waals surface area contributed by atoms with Gasteiger partial charge in [0.1, 0.15) is 46.9 Å². The van der Waals surface area contributed by atoms with Crippen molar-refractivity contribution < 1.29 is 28.7 Å². The summed E-state index contributed by atoms with van der Waals surface area (Å²) in [5.41, 5.74) is 10.7. The third kappa shape index (κ3) is 20.0. The van der Waals surface area contributed by atoms with Crippen molar-refractivity contribution in [3.05, 3.63) is 197 Å². The van der Waals surface area contributed by atoms with Crippen molar-refractivity contribution in [1.29, 1.82) is 0 Å². The van der Waals surface area contributed by atoms with Gasteiger partial charge in [0.25, 0.3) is 17.7 Å². The molecule has 0 bridgehead atoms. The number of hydrogen-bond acceptors (Lipinski definition) is 16. The number of ether oxygens (including phenoxy) is 2. The van der Waals surface area contributed by atoms with E-state index in [1.54, 1.807) is 102 Å². The Labute approximate surface area is 605 Å². The maximum Gasteiger partial charge on any atom is 0.269 e. The zero-order valence-electron chi connectivity index (χ0n) is 58.9. The number of halogens is 2. The Morgan fingerprint density at radius 1 is 0.485 bits per heavy atom. The molecule has 0 aliphatic heterocycles. The van der Waals surface area contributed by atoms with Crippen LogP contribution in [0.3, 0.4) is 0 Å². The van der Waals surface area contributed by atoms with Gasteiger partial charge in [0.15, 0.2) is 0 Å². The first-order valence-corrected chi connectivity index (χ1v) is 51.2. The van der Waals surface area contributed by atoms with E-state index in [1.165, 1.54) is 3.71 Å². The third-order valence-corrected chi connectivity index (χ3v) is 25.2. The van der Waals surface area contributed by atoms with Crippen molar-refractivity contribution in [3.8, 4) is 22.6 Å². The van der Waals surface area contributed by atoms with E-state index in [9.17, 15) is 19.2 Å². The number of aromatic amines is 1. The summed E-state index contributed by atoms with van der Waals surface area (Å²) in [6.45, 7) is 16.5. The summed E-state index contributed by atoms with van der Waals surface area (Å²) in [6, 6.07) is 34.3. The summed E-state index contributed by atoms with van der Waals surface area (Å²) in [4.78, 5) is 99.2. The number of carbonyl (C=O) groups is 4. The second kappa shape index (κ2) is 34.4. The Morgan fingerprint density at radius 2 is 0.980 bits per heavy atom. The largest absolute Gasteiger partial charge is 0.361 e. The molecule has 522 valence electrons. The number of amides is 4. The molecule has 23 nitrogen and oxygen atoms in total. The molecular weight excluding hydrogens is 1500 g/mol. The Kier molecular flexibility index (Phi) is 25.8. The third-order valence-electron chi connectivity index (χ3n) is 15.9. The molecule has 0 unspecified atom stereocenters. The Balaban J connectivity index is 0.000000153. The van der Waals surface area contributed by atoms with Crippen LogP contribution >= 0.6 is 27.5 Å². The number of rotatable bonds is 17. The molecule has 5 N–H and O–H groups in total. The van der Waals surface area contributed by atoms with Crippen LogP contribution in [-0.4, -0.2) is 164 Å². The molecule has 0 saturated heterocycles. The Morgan fingerprint density at radius 3 is 1.48 bits per heavy atom. The molecule has 0 atom stereocenters. The summed E-state index contributed by atoms with van der Waals surface area (Å²) in [5.74, 6) is -0.612. The van der Waals surface area contributed by atoms with Gasteiger partial charge in [-0.15, -0.1) is 0 Å². The van der Waals surface area contributed by atoms with Crippen molar-refractivity contribution in [2.75, 3.05) is 41.4 Å². The van der Waals surface area contributed by atoms with E-state index < -0.39 is 34.5 Å². The Hall–Kier alpha value is -9.30. The van der Waals surface area contributed by atoms with Crippen LogP contribution in [0.2, 0.25) is 71.3 Å². The van der Waals surface area contributed by atoms with Crippen molar-refractivity contribution in [1.82, 2.24) is 85.2 Å². The molecular formula is C73H83BrClN17O6Si2Sn. The van der Waals surface area contributed by atoms with Gasteiger partial charge < -0.3 is 39.5 Å². The summed E-state index contributed by atoms with van der Waals surface area (Å²) in [6.07, 6.45) is 17.4. The van der Waals surface area contributed by atoms with Gasteiger partial charge in [0.05, 0.1) is 39.2 Å². The van der Waals surface area contributed by atoms with Crippen molar-refractivity contribution in [3.63, 3.8) is 0 Å². The minimum atomic E-state index is -2.05. The number of carbonyl (C=O) groups excluding carboxylic acids is 4. The first-order chi connectivity index (χ1) is 48.3. The molecule has 101 heavy (non-hydrogen) atoms. The molecule has 4 amide bonds. The van der Waals surface area contributed by atoms with Gasteiger partial charge in [-0.05, 0) is 119 Å². The van der Waals surface area contributed by atoms with E-state index in [0.717, 1.165) is 118 Å². The molecule has 0 aliphatic rings. The fourth-order valence-electron chi connectivity index (χ4n) is 10.2. The maximum absolute atomic E-state index is 11.8. The summed E-state index contributed by atoms with van der Waals surface area (Å²) in [7, 11) is 4.16. The minimum absolute atomic E-state index is 0.0758. The van der Waals surface area contributed by atoms with Gasteiger partial charge in [-0.3, -0.25) is 39.3 Å². The summed E-state index contributed by atoms with van der Waals surface area (Å²) in [5, 5.41) is 17.0. The van der Waals surface area contributed by atoms with Crippen molar-refractivity contribution in [2.45, 2.75) is 79.7 Å². The number of fused-ring (bicyclic) bond motifs is 9. The van der Waals surface area contributed by atoms with E-state index in [2.05, 4.69) is 156 Å². The zero-order chi connectivity index (χ0) is 72.6. The van der Waals surface area contributed by atoms with E-state index in [-0.39, 0.29) is 23.6 Å². The molecule has 13 heterocycles. The van der Waals surface area contributed by atoms with Gasteiger partial charge in [-0.2, -0.15) is 0 Å². The molecule has 0 fully saturated rings. The van der Waals surface area contributed by atoms with Crippen LogP contribution in [0, 0.1) is 0 Å². The maximum atomic E-state index is 11.8. The van der Waals surface area contributed by atoms with Crippen molar-refractivity contribution in [2.24, 2.45) is 0 Å². The number of H-pyrrole nitrogens is 1. The van der Waals surface area contributed by atoms with Gasteiger partial charge in [-0.1, -0.05) is 50.9 Å². The summed E-state index contributed by atoms with van der Waals surface area (Å²) < 4.78 is 18.2. The van der Waals surface area contributed by atoms with Crippen LogP contribution in [0.15, 0.2) is 170 Å². The van der Waals surface area contributed by atoms with Gasteiger partial charge >= 0.3 is 88.8 Å². The first kappa shape index (κ1) is 75.9. The molecule has 28 heteroatoms. The molecule has 0 saturated carbocycles. The molecule has 13 aromatic rings. The molecule has 13 aromatic heterocycles. The van der Waals surface area contributed by atoms with E-state index >= 15 is 0 Å². The van der Waals surface area contributed by atoms with Crippen molar-refractivity contribution >= 4 is 155 Å². The fourth-order valence-corrected chi connectivity index (χ4v) is 15.1.